The number of benzene rings is 2. The van der Waals surface area contributed by atoms with Gasteiger partial charge < -0.3 is 14.8 Å². The van der Waals surface area contributed by atoms with E-state index in [9.17, 15) is 23.5 Å². The Bertz CT molecular complexity index is 1030. The number of carboxylic acid groups (broad SMARTS) is 1. The summed E-state index contributed by atoms with van der Waals surface area (Å²) in [5.41, 5.74) is -1.20. The van der Waals surface area contributed by atoms with Crippen molar-refractivity contribution in [2.75, 3.05) is 7.11 Å². The number of carboxylic acids is 1. The molecule has 0 aliphatic rings. The maximum absolute atomic E-state index is 13.6. The first-order chi connectivity index (χ1) is 11.4. The highest BCUT2D eigenvalue weighted by Gasteiger charge is 2.23. The molecule has 0 radical (unpaired) electrons. The number of para-hydroxylation sites is 1. The van der Waals surface area contributed by atoms with Crippen LogP contribution in [0.1, 0.15) is 10.4 Å². The van der Waals surface area contributed by atoms with Crippen LogP contribution in [0, 0.1) is 11.6 Å². The number of aromatic nitrogens is 1. The van der Waals surface area contributed by atoms with Crippen LogP contribution >= 0.6 is 0 Å². The number of aromatic carboxylic acids is 1. The highest BCUT2D eigenvalue weighted by molar-refractivity contribution is 6.08. The number of pyridine rings is 1. The Morgan fingerprint density at radius 3 is 2.50 bits per heavy atom. The van der Waals surface area contributed by atoms with Gasteiger partial charge in [0.15, 0.2) is 11.6 Å². The van der Waals surface area contributed by atoms with Crippen LogP contribution < -0.4 is 10.3 Å². The molecule has 122 valence electrons. The summed E-state index contributed by atoms with van der Waals surface area (Å²) in [6.45, 7) is 0. The second-order valence-electron chi connectivity index (χ2n) is 5.02. The van der Waals surface area contributed by atoms with Gasteiger partial charge in [-0.25, -0.2) is 13.6 Å². The van der Waals surface area contributed by atoms with Gasteiger partial charge in [0.05, 0.1) is 23.8 Å². The van der Waals surface area contributed by atoms with Gasteiger partial charge in [0, 0.05) is 17.0 Å². The monoisotopic (exact) mass is 331 g/mol. The maximum atomic E-state index is 13.6. The maximum Gasteiger partial charge on any atom is 0.337 e. The molecule has 0 atom stereocenters. The molecular weight excluding hydrogens is 320 g/mol. The smallest absolute Gasteiger partial charge is 0.337 e. The molecule has 1 heterocycles. The van der Waals surface area contributed by atoms with Gasteiger partial charge in [-0.15, -0.1) is 0 Å². The van der Waals surface area contributed by atoms with Gasteiger partial charge in [0.2, 0.25) is 0 Å². The molecule has 2 aromatic carbocycles. The number of H-pyrrole nitrogens is 1. The number of fused-ring (bicyclic) bond motifs is 1. The molecule has 0 fully saturated rings. The van der Waals surface area contributed by atoms with Crippen LogP contribution in [0.25, 0.3) is 22.0 Å². The fourth-order valence-electron chi connectivity index (χ4n) is 2.62. The molecule has 3 aromatic rings. The molecule has 0 amide bonds. The molecule has 0 spiro atoms. The van der Waals surface area contributed by atoms with Gasteiger partial charge in [0.25, 0.3) is 5.56 Å². The number of ether oxygens (including phenoxy) is 1. The van der Waals surface area contributed by atoms with Crippen molar-refractivity contribution in [3.05, 3.63) is 63.9 Å². The minimum Gasteiger partial charge on any atom is -0.496 e. The molecular formula is C17H11F2NO4. The minimum absolute atomic E-state index is 0.102. The van der Waals surface area contributed by atoms with Gasteiger partial charge in [-0.1, -0.05) is 18.2 Å². The number of methoxy groups -OCH3 is 1. The van der Waals surface area contributed by atoms with Crippen molar-refractivity contribution in [1.29, 1.82) is 0 Å². The first-order valence-electron chi connectivity index (χ1n) is 6.85. The lowest BCUT2D eigenvalue weighted by Gasteiger charge is -2.12. The topological polar surface area (TPSA) is 79.4 Å². The summed E-state index contributed by atoms with van der Waals surface area (Å²) in [5, 5.41) is 9.45. The summed E-state index contributed by atoms with van der Waals surface area (Å²) in [6.07, 6.45) is 0. The molecule has 0 unspecified atom stereocenters. The zero-order chi connectivity index (χ0) is 17.4. The molecule has 7 heteroatoms. The van der Waals surface area contributed by atoms with Gasteiger partial charge in [-0.05, 0) is 12.1 Å². The van der Waals surface area contributed by atoms with Crippen molar-refractivity contribution in [1.82, 2.24) is 4.98 Å². The summed E-state index contributed by atoms with van der Waals surface area (Å²) in [4.78, 5) is 26.6. The Labute approximate surface area is 134 Å². The van der Waals surface area contributed by atoms with Crippen molar-refractivity contribution in [3.63, 3.8) is 0 Å². The van der Waals surface area contributed by atoms with E-state index in [2.05, 4.69) is 4.98 Å². The predicted octanol–water partition coefficient (Wildman–Crippen LogP) is 3.18. The Balaban J connectivity index is 2.51. The Morgan fingerprint density at radius 2 is 1.83 bits per heavy atom. The molecule has 3 rings (SSSR count). The molecule has 24 heavy (non-hydrogen) atoms. The summed E-state index contributed by atoms with van der Waals surface area (Å²) < 4.78 is 32.1. The molecule has 5 nitrogen and oxygen atoms in total. The first-order valence-corrected chi connectivity index (χ1v) is 6.85. The van der Waals surface area contributed by atoms with Crippen molar-refractivity contribution < 1.29 is 23.4 Å². The molecule has 1 aromatic heterocycles. The van der Waals surface area contributed by atoms with E-state index < -0.39 is 28.7 Å². The average Bonchev–Trinajstić information content (AvgIpc) is 2.55. The third-order valence-corrected chi connectivity index (χ3v) is 3.65. The van der Waals surface area contributed by atoms with Crippen LogP contribution in [0.5, 0.6) is 5.75 Å². The van der Waals surface area contributed by atoms with Crippen LogP contribution in [-0.2, 0) is 0 Å². The van der Waals surface area contributed by atoms with E-state index in [1.54, 1.807) is 18.2 Å². The van der Waals surface area contributed by atoms with Crippen LogP contribution in [0.3, 0.4) is 0 Å². The van der Waals surface area contributed by atoms with Gasteiger partial charge in [0.1, 0.15) is 5.75 Å². The highest BCUT2D eigenvalue weighted by Crippen LogP contribution is 2.33. The molecule has 0 aliphatic heterocycles. The minimum atomic E-state index is -1.43. The quantitative estimate of drug-likeness (QED) is 0.772. The van der Waals surface area contributed by atoms with E-state index in [1.165, 1.54) is 13.2 Å². The van der Waals surface area contributed by atoms with Gasteiger partial charge in [-0.3, -0.25) is 4.79 Å². The lowest BCUT2D eigenvalue weighted by atomic mass is 9.96. The predicted molar refractivity (Wildman–Crippen MR) is 83.4 cm³/mol. The summed E-state index contributed by atoms with van der Waals surface area (Å²) in [7, 11) is 1.38. The number of nitrogens with one attached hydrogen (secondary N) is 1. The average molecular weight is 331 g/mol. The van der Waals surface area contributed by atoms with E-state index in [4.69, 9.17) is 4.74 Å². The summed E-state index contributed by atoms with van der Waals surface area (Å²) in [6, 6.07) is 7.86. The second kappa shape index (κ2) is 5.77. The zero-order valence-corrected chi connectivity index (χ0v) is 12.4. The largest absolute Gasteiger partial charge is 0.496 e. The van der Waals surface area contributed by atoms with Crippen LogP contribution in [0.15, 0.2) is 41.2 Å². The number of rotatable bonds is 3. The molecule has 2 N–H and O–H groups in total. The highest BCUT2D eigenvalue weighted by atomic mass is 19.2. The number of aromatic amines is 1. The van der Waals surface area contributed by atoms with E-state index in [-0.39, 0.29) is 27.8 Å². The summed E-state index contributed by atoms with van der Waals surface area (Å²) in [5.74, 6) is -3.53. The zero-order valence-electron chi connectivity index (χ0n) is 12.4. The molecule has 0 aliphatic carbocycles. The molecule has 0 saturated carbocycles. The Hall–Kier alpha value is -3.22. The lowest BCUT2D eigenvalue weighted by Crippen LogP contribution is -2.16. The van der Waals surface area contributed by atoms with Gasteiger partial charge in [-0.2, -0.15) is 0 Å². The van der Waals surface area contributed by atoms with E-state index in [0.717, 1.165) is 12.1 Å². The second-order valence-corrected chi connectivity index (χ2v) is 5.02. The number of carbonyl (C=O) groups is 1. The van der Waals surface area contributed by atoms with Gasteiger partial charge >= 0.3 is 5.97 Å². The van der Waals surface area contributed by atoms with Crippen LogP contribution in [0.2, 0.25) is 0 Å². The third kappa shape index (κ3) is 2.40. The number of hydrogen-bond acceptors (Lipinski definition) is 3. The standard InChI is InChI=1S/C17H11F2NO4/c1-24-13-5-3-2-4-8(13)14-15(17(22)23)9-6-10(18)11(19)7-12(9)20-16(14)21/h2-7H,1H3,(H,20,21)(H,22,23). The van der Waals surface area contributed by atoms with Crippen molar-refractivity contribution in [3.8, 4) is 16.9 Å². The molecule has 0 saturated heterocycles. The Kier molecular flexibility index (Phi) is 3.76. The Morgan fingerprint density at radius 1 is 1.17 bits per heavy atom. The van der Waals surface area contributed by atoms with Crippen molar-refractivity contribution in [2.45, 2.75) is 0 Å². The van der Waals surface area contributed by atoms with Crippen LogP contribution in [0.4, 0.5) is 8.78 Å². The van der Waals surface area contributed by atoms with E-state index in [1.807, 2.05) is 0 Å². The number of halogens is 2. The van der Waals surface area contributed by atoms with E-state index >= 15 is 0 Å². The van der Waals surface area contributed by atoms with Crippen LogP contribution in [-0.4, -0.2) is 23.2 Å². The number of hydrogen-bond donors (Lipinski definition) is 2. The summed E-state index contributed by atoms with van der Waals surface area (Å²) >= 11 is 0. The normalized spacial score (nSPS) is 10.8. The fourth-order valence-corrected chi connectivity index (χ4v) is 2.62. The first kappa shape index (κ1) is 15.7. The lowest BCUT2D eigenvalue weighted by molar-refractivity contribution is 0.0699. The fraction of sp³-hybridized carbons (Fsp3) is 0.0588. The molecule has 0 bridgehead atoms. The SMILES string of the molecule is COc1ccccc1-c1c(C(=O)O)c2cc(F)c(F)cc2[nH]c1=O. The van der Waals surface area contributed by atoms with Crippen molar-refractivity contribution >= 4 is 16.9 Å². The third-order valence-electron chi connectivity index (χ3n) is 3.65. The van der Waals surface area contributed by atoms with E-state index in [0.29, 0.717) is 0 Å². The van der Waals surface area contributed by atoms with Crippen molar-refractivity contribution in [2.24, 2.45) is 0 Å².